The van der Waals surface area contributed by atoms with E-state index >= 15 is 0 Å². The first-order chi connectivity index (χ1) is 12.7. The highest BCUT2D eigenvalue weighted by Crippen LogP contribution is 2.31. The maximum atomic E-state index is 11.9. The Hall–Kier alpha value is -2.49. The van der Waals surface area contributed by atoms with Gasteiger partial charge in [0, 0.05) is 18.7 Å². The number of allylic oxidation sites excluding steroid dienone is 1. The van der Waals surface area contributed by atoms with Gasteiger partial charge >= 0.3 is 6.03 Å². The summed E-state index contributed by atoms with van der Waals surface area (Å²) in [6, 6.07) is 10.3. The molecule has 0 atom stereocenters. The number of nitrogens with one attached hydrogen (secondary N) is 2. The summed E-state index contributed by atoms with van der Waals surface area (Å²) in [6.45, 7) is 7.36. The monoisotopic (exact) mass is 354 g/mol. The zero-order valence-electron chi connectivity index (χ0n) is 15.9. The van der Waals surface area contributed by atoms with E-state index in [9.17, 15) is 4.79 Å². The van der Waals surface area contributed by atoms with Crippen LogP contribution in [0.1, 0.15) is 37.3 Å². The van der Waals surface area contributed by atoms with E-state index in [-0.39, 0.29) is 6.03 Å². The van der Waals surface area contributed by atoms with Gasteiger partial charge in [0.2, 0.25) is 0 Å². The van der Waals surface area contributed by atoms with Gasteiger partial charge in [0.25, 0.3) is 0 Å². The average molecular weight is 354 g/mol. The van der Waals surface area contributed by atoms with Gasteiger partial charge in [0.1, 0.15) is 5.75 Å². The molecule has 0 aliphatic rings. The normalized spacial score (nSPS) is 10.5. The van der Waals surface area contributed by atoms with Crippen LogP contribution in [0, 0.1) is 0 Å². The number of urea groups is 1. The van der Waals surface area contributed by atoms with Gasteiger partial charge < -0.3 is 15.4 Å². The first kappa shape index (κ1) is 19.8. The lowest BCUT2D eigenvalue weighted by atomic mass is 9.95. The molecule has 0 radical (unpaired) electrons. The second-order valence-corrected chi connectivity index (χ2v) is 6.39. The molecule has 0 unspecified atom stereocenters. The largest absolute Gasteiger partial charge is 0.496 e. The van der Waals surface area contributed by atoms with Crippen molar-refractivity contribution in [2.45, 2.75) is 39.0 Å². The molecular weight excluding hydrogens is 324 g/mol. The molecule has 0 saturated carbocycles. The Kier molecular flexibility index (Phi) is 8.00. The van der Waals surface area contributed by atoms with Crippen LogP contribution in [0.25, 0.3) is 10.8 Å². The van der Waals surface area contributed by atoms with E-state index in [0.717, 1.165) is 50.0 Å². The van der Waals surface area contributed by atoms with Crippen molar-refractivity contribution >= 4 is 16.8 Å². The molecule has 0 bridgehead atoms. The van der Waals surface area contributed by atoms with Crippen LogP contribution in [0.15, 0.2) is 43.0 Å². The van der Waals surface area contributed by atoms with Crippen LogP contribution in [0.4, 0.5) is 4.79 Å². The molecule has 0 saturated heterocycles. The van der Waals surface area contributed by atoms with Crippen molar-refractivity contribution in [3.63, 3.8) is 0 Å². The summed E-state index contributed by atoms with van der Waals surface area (Å²) in [5, 5.41) is 8.25. The minimum absolute atomic E-state index is 0.0924. The van der Waals surface area contributed by atoms with Gasteiger partial charge in [-0.05, 0) is 41.7 Å². The van der Waals surface area contributed by atoms with Crippen molar-refractivity contribution in [1.82, 2.24) is 10.6 Å². The fourth-order valence-electron chi connectivity index (χ4n) is 3.21. The Bertz CT molecular complexity index is 740. The quantitative estimate of drug-likeness (QED) is 0.483. The van der Waals surface area contributed by atoms with Gasteiger partial charge in [-0.25, -0.2) is 4.79 Å². The summed E-state index contributed by atoms with van der Waals surface area (Å²) >= 11 is 0. The molecule has 140 valence electrons. The molecule has 2 amide bonds. The molecule has 0 aromatic heterocycles. The lowest BCUT2D eigenvalue weighted by Crippen LogP contribution is -2.37. The maximum absolute atomic E-state index is 11.9. The van der Waals surface area contributed by atoms with E-state index in [4.69, 9.17) is 4.74 Å². The van der Waals surface area contributed by atoms with Crippen LogP contribution in [0.3, 0.4) is 0 Å². The Labute approximate surface area is 156 Å². The number of carbonyl (C=O) groups excluding carboxylic acids is 1. The van der Waals surface area contributed by atoms with E-state index in [1.807, 2.05) is 12.1 Å². The highest BCUT2D eigenvalue weighted by atomic mass is 16.5. The smallest absolute Gasteiger partial charge is 0.314 e. The molecular formula is C22H30N2O2. The van der Waals surface area contributed by atoms with E-state index in [1.165, 1.54) is 16.3 Å². The van der Waals surface area contributed by atoms with Crippen molar-refractivity contribution in [2.75, 3.05) is 20.2 Å². The summed E-state index contributed by atoms with van der Waals surface area (Å²) in [5.74, 6) is 0.881. The average Bonchev–Trinajstić information content (AvgIpc) is 2.65. The molecule has 0 spiro atoms. The van der Waals surface area contributed by atoms with E-state index in [2.05, 4.69) is 48.4 Å². The van der Waals surface area contributed by atoms with Crippen molar-refractivity contribution in [3.05, 3.63) is 54.1 Å². The number of amides is 2. The molecule has 4 nitrogen and oxygen atoms in total. The molecule has 26 heavy (non-hydrogen) atoms. The van der Waals surface area contributed by atoms with Gasteiger partial charge in [-0.15, -0.1) is 6.58 Å². The van der Waals surface area contributed by atoms with Crippen LogP contribution in [-0.2, 0) is 12.8 Å². The van der Waals surface area contributed by atoms with Gasteiger partial charge in [-0.3, -0.25) is 0 Å². The maximum Gasteiger partial charge on any atom is 0.314 e. The second-order valence-electron chi connectivity index (χ2n) is 6.39. The van der Waals surface area contributed by atoms with Gasteiger partial charge in [-0.1, -0.05) is 50.1 Å². The van der Waals surface area contributed by atoms with Crippen molar-refractivity contribution in [2.24, 2.45) is 0 Å². The topological polar surface area (TPSA) is 50.4 Å². The van der Waals surface area contributed by atoms with Crippen LogP contribution in [0.2, 0.25) is 0 Å². The molecule has 2 N–H and O–H groups in total. The second kappa shape index (κ2) is 10.5. The van der Waals surface area contributed by atoms with Gasteiger partial charge in [0.05, 0.1) is 7.11 Å². The molecule has 2 rings (SSSR count). The molecule has 2 aromatic rings. The third-order valence-electron chi connectivity index (χ3n) is 4.51. The zero-order valence-corrected chi connectivity index (χ0v) is 15.9. The summed E-state index contributed by atoms with van der Waals surface area (Å²) in [6.07, 6.45) is 6.75. The van der Waals surface area contributed by atoms with Gasteiger partial charge in [0.15, 0.2) is 0 Å². The first-order valence-corrected chi connectivity index (χ1v) is 9.41. The van der Waals surface area contributed by atoms with E-state index < -0.39 is 0 Å². The van der Waals surface area contributed by atoms with Crippen LogP contribution in [-0.4, -0.2) is 26.2 Å². The summed E-state index contributed by atoms with van der Waals surface area (Å²) < 4.78 is 5.54. The van der Waals surface area contributed by atoms with Crippen molar-refractivity contribution in [3.8, 4) is 5.75 Å². The molecule has 0 heterocycles. The Morgan fingerprint density at radius 1 is 1.15 bits per heavy atom. The third kappa shape index (κ3) is 5.25. The highest BCUT2D eigenvalue weighted by molar-refractivity contribution is 5.91. The Morgan fingerprint density at radius 3 is 2.69 bits per heavy atom. The van der Waals surface area contributed by atoms with E-state index in [1.54, 1.807) is 7.11 Å². The van der Waals surface area contributed by atoms with Crippen LogP contribution in [0.5, 0.6) is 5.75 Å². The summed E-state index contributed by atoms with van der Waals surface area (Å²) in [4.78, 5) is 11.9. The fraction of sp³-hybridized carbons (Fsp3) is 0.409. The van der Waals surface area contributed by atoms with Crippen LogP contribution >= 0.6 is 0 Å². The number of hydrogen-bond acceptors (Lipinski definition) is 2. The number of fused-ring (bicyclic) bond motifs is 1. The third-order valence-corrected chi connectivity index (χ3v) is 4.51. The zero-order chi connectivity index (χ0) is 18.8. The Balaban J connectivity index is 2.07. The van der Waals surface area contributed by atoms with E-state index in [0.29, 0.717) is 6.54 Å². The van der Waals surface area contributed by atoms with Crippen molar-refractivity contribution < 1.29 is 9.53 Å². The fourth-order valence-corrected chi connectivity index (χ4v) is 3.21. The number of methoxy groups -OCH3 is 1. The number of carbonyl (C=O) groups is 1. The lowest BCUT2D eigenvalue weighted by Gasteiger charge is -2.15. The number of rotatable bonds is 10. The summed E-state index contributed by atoms with van der Waals surface area (Å²) in [7, 11) is 1.70. The minimum atomic E-state index is -0.0924. The minimum Gasteiger partial charge on any atom is -0.496 e. The number of hydrogen-bond donors (Lipinski definition) is 2. The SMILES string of the molecule is C=CCc1c(OC)ccc2cccc(CCNC(=O)NCCCCC)c12. The number of benzene rings is 2. The first-order valence-electron chi connectivity index (χ1n) is 9.41. The number of ether oxygens (including phenoxy) is 1. The van der Waals surface area contributed by atoms with Crippen LogP contribution < -0.4 is 15.4 Å². The van der Waals surface area contributed by atoms with Gasteiger partial charge in [-0.2, -0.15) is 0 Å². The summed E-state index contributed by atoms with van der Waals surface area (Å²) in [5.41, 5.74) is 2.36. The Morgan fingerprint density at radius 2 is 1.96 bits per heavy atom. The lowest BCUT2D eigenvalue weighted by molar-refractivity contribution is 0.241. The predicted octanol–water partition coefficient (Wildman–Crippen LogP) is 4.61. The highest BCUT2D eigenvalue weighted by Gasteiger charge is 2.11. The van der Waals surface area contributed by atoms with Crippen molar-refractivity contribution in [1.29, 1.82) is 0 Å². The molecule has 2 aromatic carbocycles. The predicted molar refractivity (Wildman–Crippen MR) is 109 cm³/mol. The molecule has 0 aliphatic carbocycles. The molecule has 0 aliphatic heterocycles. The molecule has 0 fully saturated rings. The number of unbranched alkanes of at least 4 members (excludes halogenated alkanes) is 2. The molecule has 4 heteroatoms. The standard InChI is InChI=1S/C22H30N2O2/c1-4-6-7-15-23-22(25)24-16-14-18-11-8-10-17-12-13-20(26-3)19(9-5-2)21(17)18/h5,8,10-13H,2,4,6-7,9,14-16H2,1,3H3,(H2,23,24,25).